The summed E-state index contributed by atoms with van der Waals surface area (Å²) in [6.07, 6.45) is 2.61. The SMILES string of the molecule is C=CC(=O)NC(CCC)S(=O)(=O)OCCC. The first-order valence-electron chi connectivity index (χ1n) is 5.29. The largest absolute Gasteiger partial charge is 0.334 e. The van der Waals surface area contributed by atoms with Gasteiger partial charge in [-0.25, -0.2) is 0 Å². The van der Waals surface area contributed by atoms with Crippen LogP contribution in [0.1, 0.15) is 33.1 Å². The molecule has 0 spiro atoms. The van der Waals surface area contributed by atoms with E-state index in [2.05, 4.69) is 11.9 Å². The Morgan fingerprint density at radius 3 is 2.50 bits per heavy atom. The smallest absolute Gasteiger partial charge is 0.288 e. The Bertz CT molecular complexity index is 324. The van der Waals surface area contributed by atoms with Crippen LogP contribution in [-0.2, 0) is 19.1 Å². The molecule has 0 aliphatic carbocycles. The van der Waals surface area contributed by atoms with Crippen molar-refractivity contribution in [2.75, 3.05) is 6.61 Å². The average molecular weight is 249 g/mol. The van der Waals surface area contributed by atoms with E-state index in [-0.39, 0.29) is 6.61 Å². The topological polar surface area (TPSA) is 72.5 Å². The zero-order valence-electron chi connectivity index (χ0n) is 9.73. The molecule has 0 heterocycles. The summed E-state index contributed by atoms with van der Waals surface area (Å²) in [4.78, 5) is 11.1. The van der Waals surface area contributed by atoms with Crippen LogP contribution in [0.4, 0.5) is 0 Å². The van der Waals surface area contributed by atoms with Crippen molar-refractivity contribution in [1.82, 2.24) is 5.32 Å². The van der Waals surface area contributed by atoms with Crippen molar-refractivity contribution >= 4 is 16.0 Å². The van der Waals surface area contributed by atoms with Gasteiger partial charge in [0.2, 0.25) is 5.91 Å². The molecule has 0 saturated heterocycles. The first-order valence-corrected chi connectivity index (χ1v) is 6.76. The van der Waals surface area contributed by atoms with Crippen molar-refractivity contribution in [3.63, 3.8) is 0 Å². The maximum Gasteiger partial charge on any atom is 0.288 e. The second-order valence-electron chi connectivity index (χ2n) is 3.30. The molecule has 94 valence electrons. The Kier molecular flexibility index (Phi) is 7.00. The number of hydrogen-bond donors (Lipinski definition) is 1. The molecule has 0 aliphatic rings. The van der Waals surface area contributed by atoms with E-state index in [9.17, 15) is 13.2 Å². The molecule has 0 fully saturated rings. The second kappa shape index (κ2) is 7.40. The van der Waals surface area contributed by atoms with Crippen molar-refractivity contribution < 1.29 is 17.4 Å². The van der Waals surface area contributed by atoms with Crippen LogP contribution in [0.5, 0.6) is 0 Å². The van der Waals surface area contributed by atoms with Crippen molar-refractivity contribution in [1.29, 1.82) is 0 Å². The van der Waals surface area contributed by atoms with Crippen LogP contribution in [0.2, 0.25) is 0 Å². The number of hydrogen-bond acceptors (Lipinski definition) is 4. The van der Waals surface area contributed by atoms with E-state index in [1.54, 1.807) is 0 Å². The van der Waals surface area contributed by atoms with E-state index in [1.165, 1.54) is 0 Å². The molecule has 0 radical (unpaired) electrons. The van der Waals surface area contributed by atoms with Crippen molar-refractivity contribution in [2.24, 2.45) is 0 Å². The van der Waals surface area contributed by atoms with Gasteiger partial charge >= 0.3 is 0 Å². The first kappa shape index (κ1) is 15.1. The number of carbonyl (C=O) groups excluding carboxylic acids is 1. The van der Waals surface area contributed by atoms with Crippen LogP contribution in [0.3, 0.4) is 0 Å². The van der Waals surface area contributed by atoms with Gasteiger partial charge in [-0.2, -0.15) is 8.42 Å². The molecule has 0 bridgehead atoms. The highest BCUT2D eigenvalue weighted by Gasteiger charge is 2.26. The van der Waals surface area contributed by atoms with Gasteiger partial charge in [-0.05, 0) is 18.9 Å². The van der Waals surface area contributed by atoms with Crippen molar-refractivity contribution in [3.05, 3.63) is 12.7 Å². The van der Waals surface area contributed by atoms with Gasteiger partial charge in [0.15, 0.2) is 5.37 Å². The molecule has 0 saturated carbocycles. The van der Waals surface area contributed by atoms with Crippen LogP contribution in [0.15, 0.2) is 12.7 Å². The lowest BCUT2D eigenvalue weighted by Gasteiger charge is -2.17. The molecule has 0 aromatic rings. The Labute approximate surface area is 97.0 Å². The minimum Gasteiger partial charge on any atom is -0.334 e. The third kappa shape index (κ3) is 5.27. The summed E-state index contributed by atoms with van der Waals surface area (Å²) in [5.74, 6) is -0.512. The normalized spacial score (nSPS) is 13.1. The van der Waals surface area contributed by atoms with E-state index >= 15 is 0 Å². The number of nitrogens with one attached hydrogen (secondary N) is 1. The Morgan fingerprint density at radius 2 is 2.06 bits per heavy atom. The van der Waals surface area contributed by atoms with E-state index in [0.717, 1.165) is 6.08 Å². The lowest BCUT2D eigenvalue weighted by Crippen LogP contribution is -2.40. The van der Waals surface area contributed by atoms with Gasteiger partial charge in [-0.1, -0.05) is 26.8 Å². The lowest BCUT2D eigenvalue weighted by molar-refractivity contribution is -0.116. The number of amides is 1. The summed E-state index contributed by atoms with van der Waals surface area (Å²) in [7, 11) is -3.73. The van der Waals surface area contributed by atoms with E-state index in [4.69, 9.17) is 4.18 Å². The van der Waals surface area contributed by atoms with Gasteiger partial charge in [-0.15, -0.1) is 0 Å². The Morgan fingerprint density at radius 1 is 1.44 bits per heavy atom. The third-order valence-electron chi connectivity index (χ3n) is 1.84. The molecule has 1 N–H and O–H groups in total. The molecular formula is C10H19NO4S. The fourth-order valence-electron chi connectivity index (χ4n) is 1.05. The van der Waals surface area contributed by atoms with Crippen molar-refractivity contribution in [3.8, 4) is 0 Å². The number of rotatable bonds is 8. The van der Waals surface area contributed by atoms with Crippen LogP contribution >= 0.6 is 0 Å². The summed E-state index contributed by atoms with van der Waals surface area (Å²) in [5.41, 5.74) is 0. The van der Waals surface area contributed by atoms with Gasteiger partial charge in [0, 0.05) is 0 Å². The number of carbonyl (C=O) groups is 1. The quantitative estimate of drug-likeness (QED) is 0.518. The van der Waals surface area contributed by atoms with E-state index in [0.29, 0.717) is 19.3 Å². The average Bonchev–Trinajstić information content (AvgIpc) is 2.25. The van der Waals surface area contributed by atoms with Crippen LogP contribution in [-0.4, -0.2) is 26.3 Å². The van der Waals surface area contributed by atoms with Gasteiger partial charge in [0.25, 0.3) is 10.1 Å². The molecule has 1 unspecified atom stereocenters. The second-order valence-corrected chi connectivity index (χ2v) is 5.10. The van der Waals surface area contributed by atoms with Crippen LogP contribution in [0.25, 0.3) is 0 Å². The molecule has 5 nitrogen and oxygen atoms in total. The minimum atomic E-state index is -3.73. The molecule has 6 heteroatoms. The summed E-state index contributed by atoms with van der Waals surface area (Å²) < 4.78 is 28.1. The minimum absolute atomic E-state index is 0.131. The molecule has 16 heavy (non-hydrogen) atoms. The highest BCUT2D eigenvalue weighted by Crippen LogP contribution is 2.08. The lowest BCUT2D eigenvalue weighted by atomic mass is 10.3. The summed E-state index contributed by atoms with van der Waals surface area (Å²) in [6.45, 7) is 7.05. The molecule has 0 aromatic heterocycles. The molecular weight excluding hydrogens is 230 g/mol. The fourth-order valence-corrected chi connectivity index (χ4v) is 2.40. The van der Waals surface area contributed by atoms with Gasteiger partial charge in [-0.3, -0.25) is 8.98 Å². The predicted molar refractivity (Wildman–Crippen MR) is 62.2 cm³/mol. The third-order valence-corrected chi connectivity index (χ3v) is 3.39. The maximum atomic E-state index is 11.7. The maximum absolute atomic E-state index is 11.7. The van der Waals surface area contributed by atoms with Crippen molar-refractivity contribution in [2.45, 2.75) is 38.5 Å². The van der Waals surface area contributed by atoms with Gasteiger partial charge in [0.05, 0.1) is 6.61 Å². The summed E-state index contributed by atoms with van der Waals surface area (Å²) in [6, 6.07) is 0. The Hall–Kier alpha value is -0.880. The molecule has 1 atom stereocenters. The summed E-state index contributed by atoms with van der Waals surface area (Å²) >= 11 is 0. The zero-order chi connectivity index (χ0) is 12.6. The first-order chi connectivity index (χ1) is 7.47. The molecule has 0 rings (SSSR count). The zero-order valence-corrected chi connectivity index (χ0v) is 10.5. The van der Waals surface area contributed by atoms with E-state index < -0.39 is 21.4 Å². The standard InChI is InChI=1S/C10H19NO4S/c1-4-7-10(11-9(12)6-3)16(13,14)15-8-5-2/h6,10H,3-5,7-8H2,1-2H3,(H,11,12). The fraction of sp³-hybridized carbons (Fsp3) is 0.700. The van der Waals surface area contributed by atoms with E-state index in [1.807, 2.05) is 13.8 Å². The molecule has 0 aromatic carbocycles. The summed E-state index contributed by atoms with van der Waals surface area (Å²) in [5, 5.41) is 1.36. The predicted octanol–water partition coefficient (Wildman–Crippen LogP) is 1.17. The molecule has 1 amide bonds. The highest BCUT2D eigenvalue weighted by molar-refractivity contribution is 7.87. The molecule has 0 aliphatic heterocycles. The highest BCUT2D eigenvalue weighted by atomic mass is 32.2. The van der Waals surface area contributed by atoms with Gasteiger partial charge < -0.3 is 5.32 Å². The van der Waals surface area contributed by atoms with Gasteiger partial charge in [0.1, 0.15) is 0 Å². The Balaban J connectivity index is 4.61. The monoisotopic (exact) mass is 249 g/mol. The van der Waals surface area contributed by atoms with Crippen LogP contribution < -0.4 is 5.32 Å². The van der Waals surface area contributed by atoms with Crippen LogP contribution in [0, 0.1) is 0 Å².